The smallest absolute Gasteiger partial charge is 0.303 e. The van der Waals surface area contributed by atoms with E-state index >= 15 is 0 Å². The Bertz CT molecular complexity index is 813. The summed E-state index contributed by atoms with van der Waals surface area (Å²) in [6.07, 6.45) is 9.49. The van der Waals surface area contributed by atoms with Gasteiger partial charge in [-0.1, -0.05) is 25.5 Å². The fourth-order valence-corrected chi connectivity index (χ4v) is 8.11. The van der Waals surface area contributed by atoms with Crippen LogP contribution in [-0.2, 0) is 23.8 Å². The quantitative estimate of drug-likeness (QED) is 0.542. The predicted octanol–water partition coefficient (Wildman–Crippen LogP) is 3.56. The molecular weight excluding hydrogens is 396 g/mol. The van der Waals surface area contributed by atoms with E-state index in [1.807, 2.05) is 0 Å². The maximum Gasteiger partial charge on any atom is 0.303 e. The van der Waals surface area contributed by atoms with E-state index in [2.05, 4.69) is 19.9 Å². The Kier molecular flexibility index (Phi) is 4.97. The standard InChI is InChI=1S/C25H36O6/c1-16(26)29-15-21(27)25(28)9-7-20-18-5-4-17-14-24(30-12-13-31-24)11-10-22(17,2)19(18)6-8-23(20,25)3/h4,18-20,28H,5-15H2,1-3H3/t18-,19+,20+,22-,23+,25+/m0/s1. The van der Waals surface area contributed by atoms with Crippen LogP contribution in [0.5, 0.6) is 0 Å². The highest BCUT2D eigenvalue weighted by atomic mass is 16.7. The molecule has 3 saturated carbocycles. The Morgan fingerprint density at radius 1 is 1.10 bits per heavy atom. The van der Waals surface area contributed by atoms with E-state index in [9.17, 15) is 14.7 Å². The van der Waals surface area contributed by atoms with Gasteiger partial charge in [-0.3, -0.25) is 9.59 Å². The van der Waals surface area contributed by atoms with Gasteiger partial charge in [0, 0.05) is 25.2 Å². The molecule has 0 aromatic carbocycles. The summed E-state index contributed by atoms with van der Waals surface area (Å²) in [7, 11) is 0. The minimum absolute atomic E-state index is 0.146. The van der Waals surface area contributed by atoms with Crippen molar-refractivity contribution in [3.63, 3.8) is 0 Å². The van der Waals surface area contributed by atoms with Crippen molar-refractivity contribution in [1.82, 2.24) is 0 Å². The molecule has 6 heteroatoms. The van der Waals surface area contributed by atoms with Gasteiger partial charge in [-0.2, -0.15) is 0 Å². The van der Waals surface area contributed by atoms with E-state index in [0.29, 0.717) is 37.4 Å². The zero-order chi connectivity index (χ0) is 22.1. The lowest BCUT2D eigenvalue weighted by atomic mass is 9.46. The average molecular weight is 433 g/mol. The molecule has 0 unspecified atom stereocenters. The lowest BCUT2D eigenvalue weighted by molar-refractivity contribution is -0.189. The first-order valence-corrected chi connectivity index (χ1v) is 12.0. The van der Waals surface area contributed by atoms with Crippen molar-refractivity contribution in [3.8, 4) is 0 Å². The van der Waals surface area contributed by atoms with E-state index in [1.165, 1.54) is 12.5 Å². The monoisotopic (exact) mass is 432 g/mol. The van der Waals surface area contributed by atoms with Crippen molar-refractivity contribution >= 4 is 11.8 Å². The van der Waals surface area contributed by atoms with Gasteiger partial charge >= 0.3 is 5.97 Å². The molecule has 172 valence electrons. The average Bonchev–Trinajstić information content (AvgIpc) is 3.30. The number of carbonyl (C=O) groups is 2. The van der Waals surface area contributed by atoms with Crippen molar-refractivity contribution in [2.45, 2.75) is 83.5 Å². The largest absolute Gasteiger partial charge is 0.458 e. The first kappa shape index (κ1) is 21.6. The molecule has 5 rings (SSSR count). The van der Waals surface area contributed by atoms with Gasteiger partial charge in [0.05, 0.1) is 13.2 Å². The fourth-order valence-electron chi connectivity index (χ4n) is 8.11. The number of hydrogen-bond donors (Lipinski definition) is 1. The summed E-state index contributed by atoms with van der Waals surface area (Å²) in [4.78, 5) is 24.2. The third kappa shape index (κ3) is 3.01. The van der Waals surface area contributed by atoms with Crippen molar-refractivity contribution in [2.75, 3.05) is 19.8 Å². The van der Waals surface area contributed by atoms with Crippen molar-refractivity contribution in [1.29, 1.82) is 0 Å². The van der Waals surface area contributed by atoms with Gasteiger partial charge in [-0.25, -0.2) is 0 Å². The molecule has 0 amide bonds. The van der Waals surface area contributed by atoms with Crippen LogP contribution < -0.4 is 0 Å². The second-order valence-corrected chi connectivity index (χ2v) is 11.1. The molecule has 1 spiro atoms. The molecule has 6 atom stereocenters. The van der Waals surface area contributed by atoms with E-state index < -0.39 is 22.8 Å². The lowest BCUT2D eigenvalue weighted by Crippen LogP contribution is -2.58. The van der Waals surface area contributed by atoms with Crippen molar-refractivity contribution in [3.05, 3.63) is 11.6 Å². The number of aliphatic hydroxyl groups is 1. The zero-order valence-electron chi connectivity index (χ0n) is 19.1. The highest BCUT2D eigenvalue weighted by Gasteiger charge is 2.66. The third-order valence-electron chi connectivity index (χ3n) is 9.94. The Morgan fingerprint density at radius 2 is 1.81 bits per heavy atom. The molecule has 0 aromatic heterocycles. The Hall–Kier alpha value is -1.24. The molecule has 1 N–H and O–H groups in total. The minimum atomic E-state index is -1.40. The Labute approximate surface area is 184 Å². The summed E-state index contributed by atoms with van der Waals surface area (Å²) in [6.45, 7) is 6.88. The van der Waals surface area contributed by atoms with Crippen LogP contribution in [0.25, 0.3) is 0 Å². The SMILES string of the molecule is CC(=O)OCC(=O)[C@]1(O)CC[C@@H]2[C@H]3CC=C4CC5(CC[C@]4(C)[C@@H]3CC[C@]21C)OCCO5. The molecule has 4 fully saturated rings. The summed E-state index contributed by atoms with van der Waals surface area (Å²) >= 11 is 0. The first-order chi connectivity index (χ1) is 14.6. The van der Waals surface area contributed by atoms with Gasteiger partial charge in [0.1, 0.15) is 5.60 Å². The van der Waals surface area contributed by atoms with Crippen LogP contribution in [0.3, 0.4) is 0 Å². The van der Waals surface area contributed by atoms with Crippen LogP contribution in [0.2, 0.25) is 0 Å². The summed E-state index contributed by atoms with van der Waals surface area (Å²) in [5, 5.41) is 11.6. The molecule has 0 radical (unpaired) electrons. The highest BCUT2D eigenvalue weighted by molar-refractivity contribution is 5.90. The number of ketones is 1. The predicted molar refractivity (Wildman–Crippen MR) is 113 cm³/mol. The van der Waals surface area contributed by atoms with Gasteiger partial charge in [-0.05, 0) is 61.7 Å². The summed E-state index contributed by atoms with van der Waals surface area (Å²) in [5.74, 6) is 0.126. The lowest BCUT2D eigenvalue weighted by Gasteiger charge is -2.59. The number of esters is 1. The van der Waals surface area contributed by atoms with Crippen molar-refractivity contribution in [2.24, 2.45) is 28.6 Å². The topological polar surface area (TPSA) is 82.1 Å². The molecule has 0 bridgehead atoms. The number of rotatable bonds is 3. The molecule has 31 heavy (non-hydrogen) atoms. The van der Waals surface area contributed by atoms with Gasteiger partial charge < -0.3 is 19.3 Å². The molecule has 4 aliphatic carbocycles. The molecule has 1 heterocycles. The van der Waals surface area contributed by atoms with E-state index in [-0.39, 0.29) is 17.8 Å². The van der Waals surface area contributed by atoms with Gasteiger partial charge in [0.25, 0.3) is 0 Å². The number of Topliss-reactive ketones (excluding diaryl/α,β-unsaturated/α-hetero) is 1. The van der Waals surface area contributed by atoms with Crippen molar-refractivity contribution < 1.29 is 28.9 Å². The number of carbonyl (C=O) groups excluding carboxylic acids is 2. The Morgan fingerprint density at radius 3 is 2.52 bits per heavy atom. The maximum atomic E-state index is 13.0. The van der Waals surface area contributed by atoms with E-state index in [1.54, 1.807) is 0 Å². The van der Waals surface area contributed by atoms with E-state index in [0.717, 1.165) is 44.9 Å². The number of fused-ring (bicyclic) bond motifs is 5. The van der Waals surface area contributed by atoms with Gasteiger partial charge in [-0.15, -0.1) is 0 Å². The summed E-state index contributed by atoms with van der Waals surface area (Å²) in [5.41, 5.74) is -0.219. The van der Waals surface area contributed by atoms with Crippen LogP contribution >= 0.6 is 0 Å². The Balaban J connectivity index is 1.39. The maximum absolute atomic E-state index is 13.0. The second-order valence-electron chi connectivity index (χ2n) is 11.1. The second kappa shape index (κ2) is 7.13. The van der Waals surface area contributed by atoms with Crippen LogP contribution in [0.15, 0.2) is 11.6 Å². The van der Waals surface area contributed by atoms with Crippen LogP contribution in [0.1, 0.15) is 72.1 Å². The van der Waals surface area contributed by atoms with Gasteiger partial charge in [0.15, 0.2) is 12.4 Å². The van der Waals surface area contributed by atoms with E-state index in [4.69, 9.17) is 14.2 Å². The molecule has 1 aliphatic heterocycles. The summed E-state index contributed by atoms with van der Waals surface area (Å²) in [6, 6.07) is 0. The number of hydrogen-bond acceptors (Lipinski definition) is 6. The molecule has 6 nitrogen and oxygen atoms in total. The summed E-state index contributed by atoms with van der Waals surface area (Å²) < 4.78 is 17.0. The van der Waals surface area contributed by atoms with Crippen LogP contribution in [-0.4, -0.2) is 48.1 Å². The molecular formula is C25H36O6. The van der Waals surface area contributed by atoms with Crippen LogP contribution in [0.4, 0.5) is 0 Å². The normalized spacial score (nSPS) is 45.4. The third-order valence-corrected chi connectivity index (χ3v) is 9.94. The highest BCUT2D eigenvalue weighted by Crippen LogP contribution is 2.68. The molecule has 5 aliphatic rings. The fraction of sp³-hybridized carbons (Fsp3) is 0.840. The minimum Gasteiger partial charge on any atom is -0.458 e. The van der Waals surface area contributed by atoms with Gasteiger partial charge in [0.2, 0.25) is 5.78 Å². The molecule has 0 aromatic rings. The first-order valence-electron chi connectivity index (χ1n) is 12.0. The zero-order valence-corrected chi connectivity index (χ0v) is 19.1. The van der Waals surface area contributed by atoms with Crippen LogP contribution in [0, 0.1) is 28.6 Å². The molecule has 1 saturated heterocycles. The number of allylic oxidation sites excluding steroid dienone is 1. The number of ether oxygens (including phenoxy) is 3.